The standard InChI is InChI=1S/C58H76O14/c1-39-19-11-7-5-9-13-21-43-23-15-29-53(67)55(43)57(69)72-52(34-42(4)60)38-48(64)28-18-26-46(62)36-50(66)32-40(2)20-12-8-6-10-14-22-44-24-16-30-54(68)56(44)58(70)71-51(33-41(3)59)37-47(63)27-17-25-45(61)35-49(65)31-39/h5-26,29-30,41-42,45-52,59-68H,27-28,31-38H2,1-4H3/t41-,42-,45-,46-,47+,48+,49+,50+,51+,52+/m1/s1. The number of phenols is 2. The van der Waals surface area contributed by atoms with E-state index in [0.29, 0.717) is 11.1 Å². The molecular formula is C58H76O14. The Labute approximate surface area is 424 Å². The molecule has 3 rings (SSSR count). The first-order valence-corrected chi connectivity index (χ1v) is 24.5. The molecule has 0 fully saturated rings. The van der Waals surface area contributed by atoms with Gasteiger partial charge in [0.15, 0.2) is 0 Å². The molecule has 2 aromatic rings. The van der Waals surface area contributed by atoms with Gasteiger partial charge in [-0.2, -0.15) is 0 Å². The molecule has 0 amide bonds. The van der Waals surface area contributed by atoms with E-state index in [1.54, 1.807) is 109 Å². The van der Waals surface area contributed by atoms with Crippen LogP contribution in [0.15, 0.2) is 145 Å². The Hall–Kier alpha value is -5.94. The second-order valence-electron chi connectivity index (χ2n) is 18.4. The molecule has 10 atom stereocenters. The van der Waals surface area contributed by atoms with Crippen molar-refractivity contribution in [3.05, 3.63) is 167 Å². The zero-order valence-corrected chi connectivity index (χ0v) is 41.8. The lowest BCUT2D eigenvalue weighted by Crippen LogP contribution is -2.27. The molecule has 1 aliphatic rings. The summed E-state index contributed by atoms with van der Waals surface area (Å²) >= 11 is 0. The Bertz CT molecular complexity index is 2130. The van der Waals surface area contributed by atoms with Crippen molar-refractivity contribution in [1.82, 2.24) is 0 Å². The number of carbonyl (C=O) groups excluding carboxylic acids is 2. The number of cyclic esters (lactones) is 2. The Morgan fingerprint density at radius 2 is 0.875 bits per heavy atom. The molecule has 0 unspecified atom stereocenters. The maximum absolute atomic E-state index is 13.5. The number of fused-ring (bicyclic) bond motifs is 2. The van der Waals surface area contributed by atoms with Crippen LogP contribution in [0.3, 0.4) is 0 Å². The second kappa shape index (κ2) is 32.9. The zero-order chi connectivity index (χ0) is 53.0. The van der Waals surface area contributed by atoms with Gasteiger partial charge in [0, 0.05) is 38.5 Å². The number of aromatic hydroxyl groups is 2. The first-order valence-electron chi connectivity index (χ1n) is 24.5. The topological polar surface area (TPSA) is 255 Å². The number of aliphatic hydroxyl groups is 8. The average molecular weight is 997 g/mol. The smallest absolute Gasteiger partial charge is 0.342 e. The molecular weight excluding hydrogens is 921 g/mol. The molecule has 0 aliphatic carbocycles. The molecule has 1 heterocycles. The number of hydrogen-bond donors (Lipinski definition) is 10. The Morgan fingerprint density at radius 3 is 1.25 bits per heavy atom. The summed E-state index contributed by atoms with van der Waals surface area (Å²) in [4.78, 5) is 26.9. The van der Waals surface area contributed by atoms with Gasteiger partial charge in [0.25, 0.3) is 0 Å². The number of allylic oxidation sites excluding steroid dienone is 12. The third kappa shape index (κ3) is 24.5. The molecule has 0 radical (unpaired) electrons. The van der Waals surface area contributed by atoms with E-state index in [1.165, 1.54) is 38.1 Å². The summed E-state index contributed by atoms with van der Waals surface area (Å²) in [5, 5.41) is 106. The van der Waals surface area contributed by atoms with Gasteiger partial charge in [-0.15, -0.1) is 0 Å². The van der Waals surface area contributed by atoms with Crippen LogP contribution in [0.1, 0.15) is 124 Å². The largest absolute Gasteiger partial charge is 0.507 e. The lowest BCUT2D eigenvalue weighted by atomic mass is 10.0. The number of rotatable bonds is 4. The van der Waals surface area contributed by atoms with Crippen molar-refractivity contribution in [1.29, 1.82) is 0 Å². The van der Waals surface area contributed by atoms with E-state index in [1.807, 2.05) is 26.0 Å². The fourth-order valence-electron chi connectivity index (χ4n) is 7.89. The van der Waals surface area contributed by atoms with Gasteiger partial charge in [-0.3, -0.25) is 0 Å². The van der Waals surface area contributed by atoms with Gasteiger partial charge in [-0.25, -0.2) is 9.59 Å². The number of benzene rings is 2. The van der Waals surface area contributed by atoms with E-state index in [-0.39, 0.29) is 86.8 Å². The van der Waals surface area contributed by atoms with Gasteiger partial charge < -0.3 is 60.5 Å². The van der Waals surface area contributed by atoms with E-state index in [4.69, 9.17) is 9.47 Å². The predicted molar refractivity (Wildman–Crippen MR) is 281 cm³/mol. The summed E-state index contributed by atoms with van der Waals surface area (Å²) in [5.74, 6) is -2.29. The van der Waals surface area contributed by atoms with Crippen LogP contribution in [0, 0.1) is 0 Å². The van der Waals surface area contributed by atoms with Gasteiger partial charge in [0.1, 0.15) is 34.8 Å². The molecule has 14 heteroatoms. The molecule has 0 aromatic heterocycles. The summed E-state index contributed by atoms with van der Waals surface area (Å²) in [6.45, 7) is 6.75. The van der Waals surface area contributed by atoms with Crippen molar-refractivity contribution < 1.29 is 70.1 Å². The molecule has 72 heavy (non-hydrogen) atoms. The van der Waals surface area contributed by atoms with Gasteiger partial charge in [-0.1, -0.05) is 145 Å². The number of aliphatic hydroxyl groups excluding tert-OH is 8. The highest BCUT2D eigenvalue weighted by Gasteiger charge is 2.26. The Morgan fingerprint density at radius 1 is 0.514 bits per heavy atom. The van der Waals surface area contributed by atoms with E-state index in [2.05, 4.69) is 0 Å². The minimum absolute atomic E-state index is 0.0244. The lowest BCUT2D eigenvalue weighted by molar-refractivity contribution is -0.00168. The first kappa shape index (κ1) is 60.4. The van der Waals surface area contributed by atoms with Crippen LogP contribution in [0.2, 0.25) is 0 Å². The minimum Gasteiger partial charge on any atom is -0.507 e. The van der Waals surface area contributed by atoms with Crippen molar-refractivity contribution in [2.75, 3.05) is 0 Å². The number of ether oxygens (including phenoxy) is 2. The second-order valence-corrected chi connectivity index (χ2v) is 18.4. The Kier molecular flexibility index (Phi) is 27.6. The quantitative estimate of drug-likeness (QED) is 0.103. The van der Waals surface area contributed by atoms with Gasteiger partial charge in [-0.05, 0) is 76.6 Å². The van der Waals surface area contributed by atoms with Crippen LogP contribution in [-0.4, -0.2) is 124 Å². The summed E-state index contributed by atoms with van der Waals surface area (Å²) in [5.41, 5.74) is 2.27. The highest BCUT2D eigenvalue weighted by atomic mass is 16.5. The maximum Gasteiger partial charge on any atom is 0.342 e. The van der Waals surface area contributed by atoms with E-state index >= 15 is 0 Å². The lowest BCUT2D eigenvalue weighted by Gasteiger charge is -2.22. The third-order valence-electron chi connectivity index (χ3n) is 11.3. The molecule has 14 nitrogen and oxygen atoms in total. The van der Waals surface area contributed by atoms with Crippen molar-refractivity contribution in [3.8, 4) is 11.5 Å². The van der Waals surface area contributed by atoms with Crippen molar-refractivity contribution in [2.24, 2.45) is 0 Å². The number of hydrogen-bond acceptors (Lipinski definition) is 14. The SMILES string of the molecule is CC1=CC=CC=CC=Cc2cccc(O)c2C(=O)O[C@@H](C[C@@H](C)O)C[C@@H](O)CC=C[C@@H](O)C[C@@H](O)CC(C)=CC=CC=CC=Cc2cccc(O)c2C(=O)O[C@@H](C[C@@H](C)O)C[C@@H](O)CC=C[C@@H](O)C[C@@H](O)C1. The average Bonchev–Trinajstić information content (AvgIpc) is 3.27. The van der Waals surface area contributed by atoms with E-state index < -0.39 is 73.0 Å². The summed E-state index contributed by atoms with van der Waals surface area (Å²) in [6, 6.07) is 9.14. The number of carbonyl (C=O) groups is 2. The fourth-order valence-corrected chi connectivity index (χ4v) is 7.89. The molecule has 0 spiro atoms. The zero-order valence-electron chi connectivity index (χ0n) is 41.8. The van der Waals surface area contributed by atoms with Crippen LogP contribution < -0.4 is 0 Å². The summed E-state index contributed by atoms with van der Waals surface area (Å²) in [6.07, 6.45) is 21.8. The third-order valence-corrected chi connectivity index (χ3v) is 11.3. The van der Waals surface area contributed by atoms with Gasteiger partial charge in [0.2, 0.25) is 0 Å². The number of phenolic OH excluding ortho intramolecular Hbond substituents is 2. The van der Waals surface area contributed by atoms with Gasteiger partial charge >= 0.3 is 11.9 Å². The highest BCUT2D eigenvalue weighted by Crippen LogP contribution is 2.27. The van der Waals surface area contributed by atoms with Crippen LogP contribution in [0.5, 0.6) is 11.5 Å². The monoisotopic (exact) mass is 997 g/mol. The molecule has 0 saturated heterocycles. The van der Waals surface area contributed by atoms with E-state index in [9.17, 15) is 60.7 Å². The predicted octanol–water partition coefficient (Wildman–Crippen LogP) is 7.95. The van der Waals surface area contributed by atoms with Crippen molar-refractivity contribution in [3.63, 3.8) is 0 Å². The molecule has 0 saturated carbocycles. The molecule has 2 aromatic carbocycles. The van der Waals surface area contributed by atoms with Crippen LogP contribution >= 0.6 is 0 Å². The van der Waals surface area contributed by atoms with Gasteiger partial charge in [0.05, 0.1) is 48.8 Å². The fraction of sp³-hybridized carbons (Fsp3) is 0.414. The number of esters is 2. The first-order chi connectivity index (χ1) is 34.3. The molecule has 0 bridgehead atoms. The normalized spacial score (nSPS) is 25.7. The molecule has 392 valence electrons. The maximum atomic E-state index is 13.5. The van der Waals surface area contributed by atoms with E-state index in [0.717, 1.165) is 11.1 Å². The summed E-state index contributed by atoms with van der Waals surface area (Å²) in [7, 11) is 0. The molecule has 1 aliphatic heterocycles. The van der Waals surface area contributed by atoms with Crippen LogP contribution in [-0.2, 0) is 9.47 Å². The van der Waals surface area contributed by atoms with Crippen LogP contribution in [0.4, 0.5) is 0 Å². The minimum atomic E-state index is -1.01. The molecule has 10 N–H and O–H groups in total. The highest BCUT2D eigenvalue weighted by molar-refractivity contribution is 5.97. The van der Waals surface area contributed by atoms with Crippen molar-refractivity contribution >= 4 is 24.1 Å². The summed E-state index contributed by atoms with van der Waals surface area (Å²) < 4.78 is 11.5. The Balaban J connectivity index is 1.82. The van der Waals surface area contributed by atoms with Crippen LogP contribution in [0.25, 0.3) is 12.2 Å². The van der Waals surface area contributed by atoms with Crippen molar-refractivity contribution in [2.45, 2.75) is 153 Å².